The Morgan fingerprint density at radius 3 is 2.41 bits per heavy atom. The van der Waals surface area contributed by atoms with E-state index in [1.807, 2.05) is 54.6 Å². The maximum atomic E-state index is 13.7. The minimum Gasteiger partial charge on any atom is -0.496 e. The second kappa shape index (κ2) is 8.78. The van der Waals surface area contributed by atoms with Crippen molar-refractivity contribution in [1.82, 2.24) is 14.8 Å². The minimum atomic E-state index is -0.490. The molecule has 0 saturated carbocycles. The molecule has 34 heavy (non-hydrogen) atoms. The van der Waals surface area contributed by atoms with Gasteiger partial charge in [0.25, 0.3) is 11.6 Å². The number of carbonyl (C=O) groups is 1. The zero-order chi connectivity index (χ0) is 23.7. The van der Waals surface area contributed by atoms with Crippen LogP contribution in [0.5, 0.6) is 5.75 Å². The van der Waals surface area contributed by atoms with Crippen LogP contribution in [0.4, 0.5) is 11.6 Å². The number of nitro benzene ring substituents is 1. The number of fused-ring (bicyclic) bond motifs is 1. The standard InChI is InChI=1S/C25H21N5O4/c1-34-23-10-6-5-9-20(23)22-15-21(17-7-3-2-4-8-17)28(25-26-16-27-29(22)25)24(31)18-11-13-19(14-12-18)30(32)33/h2-14,16,21-22H,15H2,1H3/t21-,22-/m0/s1. The highest BCUT2D eigenvalue weighted by molar-refractivity contribution is 6.06. The molecule has 3 aromatic carbocycles. The summed E-state index contributed by atoms with van der Waals surface area (Å²) in [6.07, 6.45) is 1.97. The maximum Gasteiger partial charge on any atom is 0.269 e. The molecule has 170 valence electrons. The summed E-state index contributed by atoms with van der Waals surface area (Å²) in [5, 5.41) is 15.5. The number of para-hydroxylation sites is 1. The topological polar surface area (TPSA) is 103 Å². The van der Waals surface area contributed by atoms with Crippen molar-refractivity contribution in [2.75, 3.05) is 12.0 Å². The molecule has 0 fully saturated rings. The third-order valence-corrected chi connectivity index (χ3v) is 6.05. The summed E-state index contributed by atoms with van der Waals surface area (Å²) in [7, 11) is 1.63. The van der Waals surface area contributed by atoms with Crippen LogP contribution in [-0.2, 0) is 0 Å². The van der Waals surface area contributed by atoms with Crippen LogP contribution in [0.2, 0.25) is 0 Å². The lowest BCUT2D eigenvalue weighted by Gasteiger charge is -2.39. The lowest BCUT2D eigenvalue weighted by molar-refractivity contribution is -0.384. The summed E-state index contributed by atoms with van der Waals surface area (Å²) >= 11 is 0. The smallest absolute Gasteiger partial charge is 0.269 e. The van der Waals surface area contributed by atoms with Crippen molar-refractivity contribution in [1.29, 1.82) is 0 Å². The molecule has 2 atom stereocenters. The van der Waals surface area contributed by atoms with Crippen molar-refractivity contribution in [3.8, 4) is 5.75 Å². The molecule has 1 aliphatic rings. The molecule has 0 bridgehead atoms. The fourth-order valence-electron chi connectivity index (χ4n) is 4.45. The van der Waals surface area contributed by atoms with E-state index in [0.29, 0.717) is 17.9 Å². The van der Waals surface area contributed by atoms with Crippen LogP contribution in [0.3, 0.4) is 0 Å². The number of aromatic nitrogens is 3. The molecular formula is C25H21N5O4. The first-order valence-corrected chi connectivity index (χ1v) is 10.7. The molecule has 1 aliphatic heterocycles. The van der Waals surface area contributed by atoms with Crippen LogP contribution in [0.1, 0.15) is 40.0 Å². The molecule has 0 radical (unpaired) electrons. The third kappa shape index (κ3) is 3.66. The molecular weight excluding hydrogens is 434 g/mol. The molecule has 0 N–H and O–H groups in total. The van der Waals surface area contributed by atoms with Gasteiger partial charge < -0.3 is 4.74 Å². The van der Waals surface area contributed by atoms with Crippen LogP contribution in [-0.4, -0.2) is 32.7 Å². The molecule has 9 nitrogen and oxygen atoms in total. The van der Waals surface area contributed by atoms with Crippen molar-refractivity contribution in [2.24, 2.45) is 0 Å². The van der Waals surface area contributed by atoms with E-state index in [0.717, 1.165) is 16.9 Å². The number of carbonyl (C=O) groups excluding carboxylic acids is 1. The number of methoxy groups -OCH3 is 1. The lowest BCUT2D eigenvalue weighted by Crippen LogP contribution is -2.42. The van der Waals surface area contributed by atoms with Crippen LogP contribution >= 0.6 is 0 Å². The first-order chi connectivity index (χ1) is 16.6. The number of ether oxygens (including phenoxy) is 1. The highest BCUT2D eigenvalue weighted by atomic mass is 16.6. The van der Waals surface area contributed by atoms with E-state index in [-0.39, 0.29) is 23.7 Å². The van der Waals surface area contributed by atoms with Gasteiger partial charge >= 0.3 is 0 Å². The van der Waals surface area contributed by atoms with E-state index in [9.17, 15) is 14.9 Å². The Morgan fingerprint density at radius 1 is 1.00 bits per heavy atom. The van der Waals surface area contributed by atoms with E-state index in [1.165, 1.54) is 30.6 Å². The number of nitrogens with zero attached hydrogens (tertiary/aromatic N) is 5. The first kappa shape index (κ1) is 21.3. The number of benzene rings is 3. The second-order valence-corrected chi connectivity index (χ2v) is 7.90. The molecule has 1 aromatic heterocycles. The van der Waals surface area contributed by atoms with Crippen molar-refractivity contribution in [3.05, 3.63) is 112 Å². The SMILES string of the molecule is COc1ccccc1[C@@H]1C[C@@H](c2ccccc2)N(C(=O)c2ccc([N+](=O)[O-])cc2)c2ncnn21. The molecule has 0 spiro atoms. The van der Waals surface area contributed by atoms with Gasteiger partial charge in [0, 0.05) is 23.3 Å². The monoisotopic (exact) mass is 455 g/mol. The Kier molecular flexibility index (Phi) is 5.51. The number of hydrogen-bond donors (Lipinski definition) is 0. The summed E-state index contributed by atoms with van der Waals surface area (Å²) < 4.78 is 7.34. The van der Waals surface area contributed by atoms with Crippen molar-refractivity contribution in [3.63, 3.8) is 0 Å². The molecule has 2 heterocycles. The number of anilines is 1. The number of amides is 1. The van der Waals surface area contributed by atoms with Gasteiger partial charge in [0.15, 0.2) is 0 Å². The van der Waals surface area contributed by atoms with Crippen molar-refractivity contribution >= 4 is 17.5 Å². The third-order valence-electron chi connectivity index (χ3n) is 6.05. The van der Waals surface area contributed by atoms with Gasteiger partial charge in [-0.05, 0) is 30.2 Å². The minimum absolute atomic E-state index is 0.0748. The van der Waals surface area contributed by atoms with Crippen LogP contribution in [0, 0.1) is 10.1 Å². The predicted molar refractivity (Wildman–Crippen MR) is 125 cm³/mol. The largest absolute Gasteiger partial charge is 0.496 e. The van der Waals surface area contributed by atoms with Crippen molar-refractivity contribution < 1.29 is 14.5 Å². The number of non-ortho nitro benzene ring substituents is 1. The van der Waals surface area contributed by atoms with Crippen LogP contribution < -0.4 is 9.64 Å². The first-order valence-electron chi connectivity index (χ1n) is 10.7. The Morgan fingerprint density at radius 2 is 1.71 bits per heavy atom. The average molecular weight is 455 g/mol. The van der Waals surface area contributed by atoms with Crippen molar-refractivity contribution in [2.45, 2.75) is 18.5 Å². The van der Waals surface area contributed by atoms with Gasteiger partial charge in [-0.15, -0.1) is 0 Å². The highest BCUT2D eigenvalue weighted by Gasteiger charge is 2.40. The molecule has 0 unspecified atom stereocenters. The Bertz CT molecular complexity index is 1340. The lowest BCUT2D eigenvalue weighted by atomic mass is 9.91. The summed E-state index contributed by atoms with van der Waals surface area (Å²) in [6.45, 7) is 0. The zero-order valence-electron chi connectivity index (χ0n) is 18.3. The molecule has 0 saturated heterocycles. The van der Waals surface area contributed by atoms with Gasteiger partial charge in [-0.2, -0.15) is 10.1 Å². The predicted octanol–water partition coefficient (Wildman–Crippen LogP) is 4.58. The van der Waals surface area contributed by atoms with Gasteiger partial charge in [-0.3, -0.25) is 19.8 Å². The molecule has 5 rings (SSSR count). The zero-order valence-corrected chi connectivity index (χ0v) is 18.3. The number of hydrogen-bond acceptors (Lipinski definition) is 6. The quantitative estimate of drug-likeness (QED) is 0.322. The van der Waals surface area contributed by atoms with Gasteiger partial charge in [-0.1, -0.05) is 48.5 Å². The van der Waals surface area contributed by atoms with Gasteiger partial charge in [0.2, 0.25) is 5.95 Å². The average Bonchev–Trinajstić information content (AvgIpc) is 3.38. The normalized spacial score (nSPS) is 17.1. The van der Waals surface area contributed by atoms with E-state index < -0.39 is 4.92 Å². The fraction of sp³-hybridized carbons (Fsp3) is 0.160. The summed E-state index contributed by atoms with van der Waals surface area (Å²) in [6, 6.07) is 22.5. The fourth-order valence-corrected chi connectivity index (χ4v) is 4.45. The highest BCUT2D eigenvalue weighted by Crippen LogP contribution is 2.44. The van der Waals surface area contributed by atoms with Crippen LogP contribution in [0.15, 0.2) is 85.2 Å². The summed E-state index contributed by atoms with van der Waals surface area (Å²) in [5.74, 6) is 0.826. The van der Waals surface area contributed by atoms with E-state index in [1.54, 1.807) is 16.7 Å². The van der Waals surface area contributed by atoms with Gasteiger partial charge in [0.1, 0.15) is 12.1 Å². The number of rotatable bonds is 5. The van der Waals surface area contributed by atoms with E-state index in [4.69, 9.17) is 4.74 Å². The summed E-state index contributed by atoms with van der Waals surface area (Å²) in [4.78, 5) is 30.4. The maximum absolute atomic E-state index is 13.7. The molecule has 4 aromatic rings. The van der Waals surface area contributed by atoms with Crippen LogP contribution in [0.25, 0.3) is 0 Å². The Hall–Kier alpha value is -4.53. The number of nitro groups is 1. The summed E-state index contributed by atoms with van der Waals surface area (Å²) in [5.41, 5.74) is 2.15. The van der Waals surface area contributed by atoms with E-state index >= 15 is 0 Å². The molecule has 0 aliphatic carbocycles. The Labute approximate surface area is 195 Å². The van der Waals surface area contributed by atoms with Gasteiger partial charge in [-0.25, -0.2) is 4.68 Å². The van der Waals surface area contributed by atoms with E-state index in [2.05, 4.69) is 10.1 Å². The second-order valence-electron chi connectivity index (χ2n) is 7.90. The van der Waals surface area contributed by atoms with Gasteiger partial charge in [0.05, 0.1) is 24.1 Å². The molecule has 1 amide bonds. The Balaban J connectivity index is 1.63. The molecule has 9 heteroatoms.